The van der Waals surface area contributed by atoms with Crippen molar-refractivity contribution >= 4 is 17.2 Å². The number of carbonyl (C=O) groups is 1. The van der Waals surface area contributed by atoms with Crippen molar-refractivity contribution in [3.05, 3.63) is 21.4 Å². The van der Waals surface area contributed by atoms with Crippen LogP contribution in [0.2, 0.25) is 0 Å². The van der Waals surface area contributed by atoms with Gasteiger partial charge in [0.2, 0.25) is 0 Å². The number of carbonyl (C=O) groups excluding carboxylic acids is 1. The summed E-state index contributed by atoms with van der Waals surface area (Å²) in [5.74, 6) is 0.00136. The minimum Gasteiger partial charge on any atom is -0.396 e. The molecule has 0 spiro atoms. The molecule has 4 heteroatoms. The molecule has 0 aliphatic rings. The maximum Gasteiger partial charge on any atom is 0.261 e. The number of aliphatic hydroxyl groups excluding tert-OH is 1. The quantitative estimate of drug-likeness (QED) is 0.807. The molecule has 0 saturated carbocycles. The van der Waals surface area contributed by atoms with Crippen LogP contribution in [0.3, 0.4) is 0 Å². The summed E-state index contributed by atoms with van der Waals surface area (Å²) in [4.78, 5) is 14.1. The highest BCUT2D eigenvalue weighted by Crippen LogP contribution is 2.23. The number of amides is 1. The van der Waals surface area contributed by atoms with Gasteiger partial charge in [0.05, 0.1) is 4.88 Å². The molecule has 1 heterocycles. The van der Waals surface area contributed by atoms with Crippen LogP contribution < -0.4 is 5.32 Å². The fraction of sp³-hybridized carbons (Fsp3) is 0.667. The van der Waals surface area contributed by atoms with Crippen molar-refractivity contribution in [3.8, 4) is 0 Å². The molecule has 0 radical (unpaired) electrons. The van der Waals surface area contributed by atoms with Crippen molar-refractivity contribution in [2.45, 2.75) is 47.0 Å². The highest BCUT2D eigenvalue weighted by atomic mass is 32.1. The molecule has 0 aliphatic heterocycles. The lowest BCUT2D eigenvalue weighted by atomic mass is 9.90. The number of aliphatic hydroxyl groups is 1. The molecular formula is C15H25NO2S. The van der Waals surface area contributed by atoms with Gasteiger partial charge in [-0.2, -0.15) is 0 Å². The summed E-state index contributed by atoms with van der Waals surface area (Å²) in [6.07, 6.45) is 2.83. The number of hydrogen-bond acceptors (Lipinski definition) is 3. The molecule has 108 valence electrons. The smallest absolute Gasteiger partial charge is 0.261 e. The molecule has 0 bridgehead atoms. The average Bonchev–Trinajstić information content (AvgIpc) is 2.69. The Morgan fingerprint density at radius 1 is 1.47 bits per heavy atom. The Labute approximate surface area is 120 Å². The number of rotatable bonds is 7. The first kappa shape index (κ1) is 16.2. The van der Waals surface area contributed by atoms with Crippen LogP contribution in [0.4, 0.5) is 0 Å². The van der Waals surface area contributed by atoms with E-state index >= 15 is 0 Å². The summed E-state index contributed by atoms with van der Waals surface area (Å²) in [6.45, 7) is 9.06. The van der Waals surface area contributed by atoms with Gasteiger partial charge in [0.1, 0.15) is 0 Å². The average molecular weight is 283 g/mol. The Bertz CT molecular complexity index is 424. The first-order valence-corrected chi connectivity index (χ1v) is 7.69. The lowest BCUT2D eigenvalue weighted by molar-refractivity contribution is 0.0932. The Balaban J connectivity index is 2.61. The van der Waals surface area contributed by atoms with E-state index in [1.165, 1.54) is 10.4 Å². The zero-order valence-electron chi connectivity index (χ0n) is 12.4. The molecule has 1 rings (SSSR count). The van der Waals surface area contributed by atoms with Crippen molar-refractivity contribution in [3.63, 3.8) is 0 Å². The summed E-state index contributed by atoms with van der Waals surface area (Å²) < 4.78 is 0. The number of hydrogen-bond donors (Lipinski definition) is 2. The lowest BCUT2D eigenvalue weighted by Gasteiger charge is -2.23. The van der Waals surface area contributed by atoms with E-state index in [9.17, 15) is 4.79 Å². The van der Waals surface area contributed by atoms with E-state index in [1.807, 2.05) is 19.9 Å². The highest BCUT2D eigenvalue weighted by molar-refractivity contribution is 7.14. The molecule has 19 heavy (non-hydrogen) atoms. The van der Waals surface area contributed by atoms with Gasteiger partial charge in [0, 0.05) is 18.0 Å². The maximum absolute atomic E-state index is 12.1. The van der Waals surface area contributed by atoms with E-state index in [0.29, 0.717) is 13.0 Å². The van der Waals surface area contributed by atoms with Crippen LogP contribution in [0.25, 0.3) is 0 Å². The second kappa shape index (κ2) is 7.06. The molecule has 0 unspecified atom stereocenters. The van der Waals surface area contributed by atoms with Crippen molar-refractivity contribution in [2.24, 2.45) is 5.41 Å². The molecule has 1 amide bonds. The van der Waals surface area contributed by atoms with E-state index < -0.39 is 0 Å². The summed E-state index contributed by atoms with van der Waals surface area (Å²) in [5.41, 5.74) is 1.22. The van der Waals surface area contributed by atoms with Gasteiger partial charge in [-0.25, -0.2) is 0 Å². The monoisotopic (exact) mass is 283 g/mol. The highest BCUT2D eigenvalue weighted by Gasteiger charge is 2.19. The van der Waals surface area contributed by atoms with Gasteiger partial charge < -0.3 is 10.4 Å². The van der Waals surface area contributed by atoms with E-state index in [-0.39, 0.29) is 17.9 Å². The van der Waals surface area contributed by atoms with Crippen LogP contribution in [0.15, 0.2) is 6.07 Å². The first-order valence-electron chi connectivity index (χ1n) is 6.88. The predicted molar refractivity (Wildman–Crippen MR) is 80.9 cm³/mol. The molecule has 0 fully saturated rings. The van der Waals surface area contributed by atoms with Crippen molar-refractivity contribution in [1.29, 1.82) is 0 Å². The minimum atomic E-state index is -0.0665. The van der Waals surface area contributed by atoms with Crippen LogP contribution in [0.5, 0.6) is 0 Å². The molecule has 1 aromatic heterocycles. The Morgan fingerprint density at radius 3 is 2.74 bits per heavy atom. The van der Waals surface area contributed by atoms with Crippen molar-refractivity contribution in [2.75, 3.05) is 13.2 Å². The first-order chi connectivity index (χ1) is 8.89. The van der Waals surface area contributed by atoms with Gasteiger partial charge in [0.25, 0.3) is 5.91 Å². The molecule has 0 saturated heterocycles. The predicted octanol–water partition coefficient (Wildman–Crippen LogP) is 3.15. The lowest BCUT2D eigenvalue weighted by Crippen LogP contribution is -2.34. The third-order valence-corrected chi connectivity index (χ3v) is 4.37. The Morgan fingerprint density at radius 2 is 2.16 bits per heavy atom. The summed E-state index contributed by atoms with van der Waals surface area (Å²) >= 11 is 1.56. The molecule has 3 nitrogen and oxygen atoms in total. The largest absolute Gasteiger partial charge is 0.396 e. The van der Waals surface area contributed by atoms with Crippen LogP contribution in [0, 0.1) is 12.3 Å². The third-order valence-electron chi connectivity index (χ3n) is 3.28. The minimum absolute atomic E-state index is 0.00136. The van der Waals surface area contributed by atoms with Crippen LogP contribution in [-0.4, -0.2) is 24.2 Å². The SMILES string of the molecule is CCCc1cc(C(=O)NCC(C)(C)CCO)sc1C. The van der Waals surface area contributed by atoms with Gasteiger partial charge >= 0.3 is 0 Å². The number of thiophene rings is 1. The van der Waals surface area contributed by atoms with Gasteiger partial charge in [-0.15, -0.1) is 11.3 Å². The summed E-state index contributed by atoms with van der Waals surface area (Å²) in [6, 6.07) is 2.01. The zero-order chi connectivity index (χ0) is 14.5. The van der Waals surface area contributed by atoms with Gasteiger partial charge in [-0.05, 0) is 36.8 Å². The van der Waals surface area contributed by atoms with Crippen LogP contribution >= 0.6 is 11.3 Å². The van der Waals surface area contributed by atoms with Gasteiger partial charge in [-0.1, -0.05) is 27.2 Å². The molecule has 0 aliphatic carbocycles. The van der Waals surface area contributed by atoms with Crippen molar-refractivity contribution in [1.82, 2.24) is 5.32 Å². The van der Waals surface area contributed by atoms with Crippen LogP contribution in [-0.2, 0) is 6.42 Å². The van der Waals surface area contributed by atoms with Gasteiger partial charge in [-0.3, -0.25) is 4.79 Å². The second-order valence-corrected chi connectivity index (χ2v) is 7.02. The van der Waals surface area contributed by atoms with E-state index in [1.54, 1.807) is 11.3 Å². The Hall–Kier alpha value is -0.870. The van der Waals surface area contributed by atoms with Crippen molar-refractivity contribution < 1.29 is 9.90 Å². The number of aryl methyl sites for hydroxylation is 2. The van der Waals surface area contributed by atoms with E-state index in [2.05, 4.69) is 19.2 Å². The summed E-state index contributed by atoms with van der Waals surface area (Å²) in [5, 5.41) is 11.9. The molecule has 1 aromatic rings. The third kappa shape index (κ3) is 4.96. The maximum atomic E-state index is 12.1. The normalized spacial score (nSPS) is 11.6. The fourth-order valence-electron chi connectivity index (χ4n) is 1.95. The molecule has 0 atom stereocenters. The van der Waals surface area contributed by atoms with Crippen LogP contribution in [0.1, 0.15) is 53.7 Å². The number of nitrogens with one attached hydrogen (secondary N) is 1. The summed E-state index contributed by atoms with van der Waals surface area (Å²) in [7, 11) is 0. The molecule has 0 aromatic carbocycles. The van der Waals surface area contributed by atoms with E-state index in [4.69, 9.17) is 5.11 Å². The Kier molecular flexibility index (Phi) is 6.01. The molecular weight excluding hydrogens is 258 g/mol. The van der Waals surface area contributed by atoms with Gasteiger partial charge in [0.15, 0.2) is 0 Å². The topological polar surface area (TPSA) is 49.3 Å². The standard InChI is InChI=1S/C15H25NO2S/c1-5-6-12-9-13(19-11(12)2)14(18)16-10-15(3,4)7-8-17/h9,17H,5-8,10H2,1-4H3,(H,16,18). The molecule has 2 N–H and O–H groups in total. The van der Waals surface area contributed by atoms with E-state index in [0.717, 1.165) is 17.7 Å². The fourth-order valence-corrected chi connectivity index (χ4v) is 2.93. The zero-order valence-corrected chi connectivity index (χ0v) is 13.2. The second-order valence-electron chi connectivity index (χ2n) is 5.76.